The Bertz CT molecular complexity index is 7370. The van der Waals surface area contributed by atoms with Crippen LogP contribution in [0.2, 0.25) is 25.2 Å². The van der Waals surface area contributed by atoms with Gasteiger partial charge in [0.2, 0.25) is 17.7 Å². The molecule has 10 aromatic carbocycles. The summed E-state index contributed by atoms with van der Waals surface area (Å²) in [4.78, 5) is 125. The van der Waals surface area contributed by atoms with Crippen molar-refractivity contribution in [1.29, 1.82) is 0 Å². The third kappa shape index (κ3) is 24.2. The molecule has 0 aliphatic carbocycles. The molecule has 0 saturated carbocycles. The molecule has 3 fully saturated rings. The van der Waals surface area contributed by atoms with E-state index in [4.69, 9.17) is 68.1 Å². The van der Waals surface area contributed by atoms with Crippen molar-refractivity contribution in [3.8, 4) is 33.9 Å². The zero-order chi connectivity index (χ0) is 101. The minimum absolute atomic E-state index is 0.0287. The third-order valence-electron chi connectivity index (χ3n) is 23.9. The van der Waals surface area contributed by atoms with Gasteiger partial charge in [-0.05, 0) is 218 Å². The van der Waals surface area contributed by atoms with Gasteiger partial charge in [-0.2, -0.15) is 15.0 Å². The van der Waals surface area contributed by atoms with Crippen LogP contribution >= 0.6 is 106 Å². The average molecular weight is 2170 g/mol. The number of para-hydroxylation sites is 4. The zero-order valence-electron chi connectivity index (χ0n) is 78.1. The monoisotopic (exact) mass is 2170 g/mol. The van der Waals surface area contributed by atoms with Crippen molar-refractivity contribution in [3.63, 3.8) is 0 Å². The van der Waals surface area contributed by atoms with E-state index in [1.54, 1.807) is 78.1 Å². The third-order valence-corrected chi connectivity index (χ3v) is 28.1. The van der Waals surface area contributed by atoms with Gasteiger partial charge in [0, 0.05) is 128 Å². The molecule has 3 aliphatic heterocycles. The molecule has 3 aliphatic rings. The molecule has 0 unspecified atom stereocenters. The second kappa shape index (κ2) is 47.2. The SMILES string of the molecule is C=CC(=O)N1CCN(c2nc(=O)n(-c3ccccc3C(C)C)c3cc(-c4ccccc4F)c(Cl)cc23)[C@@H](C)C1.C=CC(=O)N1CCN(c2nc(=O)n(-c3ccccc3C(C)C)c3cc(Br)c(Cl)cc23)[C@@H](C)C1.C=CC(=O)N1CCN[C@@H](C)C1.CC(C)c1ccccc1-n1c(=O)[nH]c(=O)c2cc(Cl)c(Br)cc21.CC(C)c1ccccc1-n1c(=O)nc(Cl)c2cc(Cl)c(Br)cc21.OB(O)c1ccccc1F. The summed E-state index contributed by atoms with van der Waals surface area (Å²) in [6, 6.07) is 57.3. The Labute approximate surface area is 853 Å². The zero-order valence-corrected chi connectivity index (χ0v) is 86.7. The van der Waals surface area contributed by atoms with Gasteiger partial charge < -0.3 is 39.9 Å². The van der Waals surface area contributed by atoms with E-state index in [-0.39, 0.29) is 69.8 Å². The second-order valence-corrected chi connectivity index (χ2v) is 39.1. The Morgan fingerprint density at radius 2 is 0.770 bits per heavy atom. The number of nitrogens with zero attached hydrogens (tertiary/aromatic N) is 12. The van der Waals surface area contributed by atoms with Gasteiger partial charge in [-0.3, -0.25) is 42.4 Å². The van der Waals surface area contributed by atoms with Gasteiger partial charge in [0.25, 0.3) is 5.56 Å². The largest absolute Gasteiger partial charge is 0.491 e. The Balaban J connectivity index is 0.000000157. The fourth-order valence-corrected chi connectivity index (χ4v) is 19.0. The molecule has 24 nitrogen and oxygen atoms in total. The van der Waals surface area contributed by atoms with E-state index in [0.717, 1.165) is 75.5 Å². The maximum Gasteiger partial charge on any atom is 0.491 e. The minimum Gasteiger partial charge on any atom is -0.423 e. The Hall–Kier alpha value is -11.5. The lowest BCUT2D eigenvalue weighted by Gasteiger charge is -2.40. The van der Waals surface area contributed by atoms with Gasteiger partial charge in [-0.1, -0.05) is 242 Å². The molecule has 3 amide bonds. The summed E-state index contributed by atoms with van der Waals surface area (Å²) in [5, 5.41) is 24.8. The number of rotatable bonds is 15. The molecule has 3 saturated heterocycles. The second-order valence-electron chi connectivity index (χ2n) is 34.6. The summed E-state index contributed by atoms with van der Waals surface area (Å²) >= 11 is 42.0. The van der Waals surface area contributed by atoms with Crippen LogP contribution in [0.15, 0.2) is 269 Å². The maximum absolute atomic E-state index is 14.9. The number of nitrogens with one attached hydrogen (secondary N) is 2. The first-order valence-corrected chi connectivity index (χ1v) is 49.1. The molecule has 722 valence electrons. The Morgan fingerprint density at radius 3 is 1.16 bits per heavy atom. The van der Waals surface area contributed by atoms with Gasteiger partial charge in [0.1, 0.15) is 28.4 Å². The molecule has 0 radical (unpaired) electrons. The molecular weight excluding hydrogens is 2070 g/mol. The van der Waals surface area contributed by atoms with Crippen LogP contribution in [0.1, 0.15) is 122 Å². The van der Waals surface area contributed by atoms with Crippen molar-refractivity contribution in [1.82, 2.24) is 58.2 Å². The number of halogens is 10. The predicted molar refractivity (Wildman–Crippen MR) is 570 cm³/mol. The number of carbonyl (C=O) groups is 3. The summed E-state index contributed by atoms with van der Waals surface area (Å²) in [7, 11) is -1.72. The van der Waals surface area contributed by atoms with E-state index in [1.165, 1.54) is 53.1 Å². The molecule has 35 heteroatoms. The van der Waals surface area contributed by atoms with Crippen LogP contribution in [0, 0.1) is 11.6 Å². The lowest BCUT2D eigenvalue weighted by Crippen LogP contribution is -2.54. The van der Waals surface area contributed by atoms with Crippen LogP contribution in [0.5, 0.6) is 0 Å². The van der Waals surface area contributed by atoms with Gasteiger partial charge in [-0.25, -0.2) is 28.0 Å². The summed E-state index contributed by atoms with van der Waals surface area (Å²) in [5.41, 5.74) is 8.34. The number of aromatic amines is 1. The summed E-state index contributed by atoms with van der Waals surface area (Å²) < 4.78 is 35.8. The molecule has 14 aromatic rings. The summed E-state index contributed by atoms with van der Waals surface area (Å²) in [5.74, 6) is 0.775. The van der Waals surface area contributed by atoms with Gasteiger partial charge >= 0.3 is 29.9 Å². The van der Waals surface area contributed by atoms with Crippen LogP contribution in [-0.4, -0.2) is 165 Å². The summed E-state index contributed by atoms with van der Waals surface area (Å²) in [6.07, 6.45) is 4.02. The number of hydrogen-bond donors (Lipinski definition) is 4. The maximum atomic E-state index is 14.9. The summed E-state index contributed by atoms with van der Waals surface area (Å²) in [6.45, 7) is 38.9. The standard InChI is InChI=1S/C31H30ClFN4O2.C25H26BrClN4O2.C17H13BrCl2N2O.C17H14BrClN2O2.C8H14N2O.C6H6BFO2/c1-5-29(38)35-14-15-36(20(4)18-35)30-24-16-25(32)23(22-11-6-8-12-26(22)33)17-28(24)37(31(39)34-30)27-13-9-7-10-21(27)19(2)3;1-5-23(32)29-10-11-30(16(4)14-29)24-18-12-20(27)19(26)13-22(18)31(25(33)28-24)21-9-7-6-8-17(21)15(2)3;1-9(2)10-5-3-4-6-14(10)22-15-8-12(18)13(19)7-11(15)16(20)21-17(22)23;1-9(2)10-5-3-4-6-14(10)21-15-8-12(18)13(19)7-11(15)16(22)20-17(21)23;1-3-8(11)10-5-4-9-7(2)6-10;8-6-4-2-1-3-5(6)7(9)10/h5-13,16-17,19-20H,1,14-15,18H2,2-4H3;5-9,12-13,15-16H,1,10-11,14H2,2-4H3;3-9H,1-2H3;3-9H,1-2H3,(H,20,22,23);3,7,9H,1,4-6H2,2H3;1-4,9-10H/t20-;16-;;;7-;/m00..0./s1. The molecule has 3 atom stereocenters. The number of hydrogen-bond acceptors (Lipinski definition) is 16. The van der Waals surface area contributed by atoms with Crippen LogP contribution in [0.3, 0.4) is 0 Å². The van der Waals surface area contributed by atoms with E-state index in [1.807, 2.05) is 133 Å². The molecular formula is C104H103BBr3Cl5F2N14O10. The van der Waals surface area contributed by atoms with Crippen LogP contribution in [0.4, 0.5) is 20.4 Å². The van der Waals surface area contributed by atoms with Crippen molar-refractivity contribution in [2.24, 2.45) is 0 Å². The molecule has 139 heavy (non-hydrogen) atoms. The quantitative estimate of drug-likeness (QED) is 0.0422. The van der Waals surface area contributed by atoms with Crippen LogP contribution in [0.25, 0.3) is 77.5 Å². The van der Waals surface area contributed by atoms with E-state index in [0.29, 0.717) is 134 Å². The number of anilines is 2. The van der Waals surface area contributed by atoms with E-state index >= 15 is 0 Å². The average Bonchev–Trinajstić information content (AvgIpc) is 0.740. The van der Waals surface area contributed by atoms with Gasteiger partial charge in [0.05, 0.1) is 65.3 Å². The van der Waals surface area contributed by atoms with E-state index in [2.05, 4.69) is 160 Å². The van der Waals surface area contributed by atoms with Gasteiger partial charge in [0.15, 0.2) is 0 Å². The molecule has 4 N–H and O–H groups in total. The number of carbonyl (C=O) groups excluding carboxylic acids is 3. The van der Waals surface area contributed by atoms with Gasteiger partial charge in [-0.15, -0.1) is 0 Å². The van der Waals surface area contributed by atoms with Crippen molar-refractivity contribution < 1.29 is 33.2 Å². The van der Waals surface area contributed by atoms with E-state index in [9.17, 15) is 47.1 Å². The highest BCUT2D eigenvalue weighted by Gasteiger charge is 2.33. The number of fused-ring (bicyclic) bond motifs is 4. The number of amides is 3. The van der Waals surface area contributed by atoms with Crippen molar-refractivity contribution in [2.45, 2.75) is 118 Å². The lowest BCUT2D eigenvalue weighted by molar-refractivity contribution is -0.127. The first-order chi connectivity index (χ1) is 66.2. The highest BCUT2D eigenvalue weighted by Crippen LogP contribution is 2.42. The topological polar surface area (TPSA) is 279 Å². The van der Waals surface area contributed by atoms with Crippen molar-refractivity contribution >= 4 is 191 Å². The number of benzene rings is 10. The lowest BCUT2D eigenvalue weighted by atomic mass is 9.80. The molecule has 0 bridgehead atoms. The Morgan fingerprint density at radius 1 is 0.424 bits per heavy atom. The molecule has 7 heterocycles. The number of aromatic nitrogens is 8. The van der Waals surface area contributed by atoms with Crippen LogP contribution in [-0.2, 0) is 14.4 Å². The highest BCUT2D eigenvalue weighted by molar-refractivity contribution is 9.11. The van der Waals surface area contributed by atoms with Crippen LogP contribution < -0.4 is 48.9 Å². The fraction of sp³-hybridized carbons (Fsp3) is 0.260. The predicted octanol–water partition coefficient (Wildman–Crippen LogP) is 20.6. The minimum atomic E-state index is -1.72. The molecule has 4 aromatic heterocycles. The van der Waals surface area contributed by atoms with E-state index < -0.39 is 41.4 Å². The Kier molecular flexibility index (Phi) is 36.1. The number of piperazine rings is 3. The molecule has 0 spiro atoms. The highest BCUT2D eigenvalue weighted by atomic mass is 79.9. The van der Waals surface area contributed by atoms with Crippen molar-refractivity contribution in [2.75, 3.05) is 68.7 Å². The normalized spacial score (nSPS) is 14.7. The smallest absolute Gasteiger partial charge is 0.423 e. The molecule has 17 rings (SSSR count). The first-order valence-electron chi connectivity index (χ1n) is 44.8. The van der Waals surface area contributed by atoms with Crippen molar-refractivity contribution in [3.05, 3.63) is 357 Å². The fourth-order valence-electron chi connectivity index (χ4n) is 17.0. The number of H-pyrrole nitrogens is 1. The first kappa shape index (κ1) is 106.